The zero-order valence-corrected chi connectivity index (χ0v) is 13.7. The van der Waals surface area contributed by atoms with Gasteiger partial charge < -0.3 is 10.1 Å². The minimum atomic E-state index is -1.31. The third kappa shape index (κ3) is 2.73. The SMILES string of the molecule is CNC(=O)OC1C(=O)N(c2nnc(C(C)(C)C)s2)C(=O)N1C. The molecule has 0 bridgehead atoms. The number of nitrogens with zero attached hydrogens (tertiary/aromatic N) is 4. The molecule has 120 valence electrons. The van der Waals surface area contributed by atoms with E-state index in [1.54, 1.807) is 0 Å². The van der Waals surface area contributed by atoms with Crippen molar-refractivity contribution in [3.05, 3.63) is 5.01 Å². The van der Waals surface area contributed by atoms with Gasteiger partial charge in [-0.25, -0.2) is 9.59 Å². The van der Waals surface area contributed by atoms with Gasteiger partial charge in [0.15, 0.2) is 0 Å². The van der Waals surface area contributed by atoms with Gasteiger partial charge in [-0.1, -0.05) is 32.1 Å². The van der Waals surface area contributed by atoms with Gasteiger partial charge in [0.2, 0.25) is 5.13 Å². The second-order valence-corrected chi connectivity index (χ2v) is 6.67. The maximum Gasteiger partial charge on any atom is 0.409 e. The molecule has 10 heteroatoms. The van der Waals surface area contributed by atoms with Gasteiger partial charge in [-0.2, -0.15) is 4.90 Å². The van der Waals surface area contributed by atoms with Crippen molar-refractivity contribution in [2.45, 2.75) is 32.4 Å². The fourth-order valence-corrected chi connectivity index (χ4v) is 2.60. The lowest BCUT2D eigenvalue weighted by Gasteiger charge is -2.15. The van der Waals surface area contributed by atoms with E-state index in [1.165, 1.54) is 14.1 Å². The molecule has 0 saturated carbocycles. The summed E-state index contributed by atoms with van der Waals surface area (Å²) in [7, 11) is 2.74. The van der Waals surface area contributed by atoms with E-state index in [4.69, 9.17) is 4.74 Å². The third-order valence-electron chi connectivity index (χ3n) is 2.95. The highest BCUT2D eigenvalue weighted by molar-refractivity contribution is 7.15. The summed E-state index contributed by atoms with van der Waals surface area (Å²) >= 11 is 1.15. The molecule has 1 atom stereocenters. The predicted octanol–water partition coefficient (Wildman–Crippen LogP) is 0.916. The lowest BCUT2D eigenvalue weighted by atomic mass is 9.98. The van der Waals surface area contributed by atoms with Crippen molar-refractivity contribution in [1.82, 2.24) is 20.4 Å². The van der Waals surface area contributed by atoms with Crippen molar-refractivity contribution < 1.29 is 19.1 Å². The summed E-state index contributed by atoms with van der Waals surface area (Å²) in [5.41, 5.74) is -0.244. The molecule has 1 aliphatic rings. The molecule has 22 heavy (non-hydrogen) atoms. The van der Waals surface area contributed by atoms with Gasteiger partial charge in [-0.3, -0.25) is 9.69 Å². The van der Waals surface area contributed by atoms with Crippen LogP contribution in [0, 0.1) is 0 Å². The lowest BCUT2D eigenvalue weighted by Crippen LogP contribution is -2.38. The van der Waals surface area contributed by atoms with Gasteiger partial charge in [0.25, 0.3) is 12.1 Å². The molecular formula is C12H17N5O4S. The summed E-state index contributed by atoms with van der Waals surface area (Å²) in [6, 6.07) is -0.615. The number of nitrogens with one attached hydrogen (secondary N) is 1. The van der Waals surface area contributed by atoms with Crippen molar-refractivity contribution in [2.24, 2.45) is 0 Å². The highest BCUT2D eigenvalue weighted by Crippen LogP contribution is 2.32. The van der Waals surface area contributed by atoms with E-state index in [2.05, 4.69) is 15.5 Å². The zero-order chi connectivity index (χ0) is 16.7. The Labute approximate surface area is 131 Å². The highest BCUT2D eigenvalue weighted by atomic mass is 32.1. The lowest BCUT2D eigenvalue weighted by molar-refractivity contribution is -0.128. The van der Waals surface area contributed by atoms with E-state index in [9.17, 15) is 14.4 Å². The number of ether oxygens (including phenoxy) is 1. The van der Waals surface area contributed by atoms with E-state index < -0.39 is 24.3 Å². The highest BCUT2D eigenvalue weighted by Gasteiger charge is 2.48. The van der Waals surface area contributed by atoms with E-state index in [0.717, 1.165) is 21.1 Å². The van der Waals surface area contributed by atoms with Crippen LogP contribution in [-0.2, 0) is 14.9 Å². The second kappa shape index (κ2) is 5.52. The van der Waals surface area contributed by atoms with Gasteiger partial charge in [-0.05, 0) is 0 Å². The number of urea groups is 1. The first-order valence-corrected chi connectivity index (χ1v) is 7.31. The summed E-state index contributed by atoms with van der Waals surface area (Å²) in [6.07, 6.45) is -2.11. The average Bonchev–Trinajstić information content (AvgIpc) is 2.99. The summed E-state index contributed by atoms with van der Waals surface area (Å²) in [4.78, 5) is 37.7. The molecule has 2 heterocycles. The van der Waals surface area contributed by atoms with Gasteiger partial charge >= 0.3 is 12.1 Å². The van der Waals surface area contributed by atoms with Crippen LogP contribution < -0.4 is 10.2 Å². The Bertz CT molecular complexity index is 623. The van der Waals surface area contributed by atoms with E-state index in [-0.39, 0.29) is 10.5 Å². The van der Waals surface area contributed by atoms with Crippen molar-refractivity contribution >= 4 is 34.5 Å². The summed E-state index contributed by atoms with van der Waals surface area (Å²) < 4.78 is 4.90. The molecular weight excluding hydrogens is 310 g/mol. The van der Waals surface area contributed by atoms with E-state index in [0.29, 0.717) is 5.01 Å². The minimum absolute atomic E-state index is 0.162. The smallest absolute Gasteiger partial charge is 0.409 e. The van der Waals surface area contributed by atoms with Crippen LogP contribution in [0.2, 0.25) is 0 Å². The van der Waals surface area contributed by atoms with Gasteiger partial charge in [-0.15, -0.1) is 10.2 Å². The van der Waals surface area contributed by atoms with Crippen molar-refractivity contribution in [2.75, 3.05) is 19.0 Å². The van der Waals surface area contributed by atoms with Crippen LogP contribution in [0.3, 0.4) is 0 Å². The minimum Gasteiger partial charge on any atom is -0.415 e. The molecule has 1 aromatic heterocycles. The van der Waals surface area contributed by atoms with Crippen molar-refractivity contribution in [3.8, 4) is 0 Å². The maximum atomic E-state index is 12.3. The largest absolute Gasteiger partial charge is 0.415 e. The summed E-state index contributed by atoms with van der Waals surface area (Å²) in [5.74, 6) is -0.673. The van der Waals surface area contributed by atoms with Gasteiger partial charge in [0, 0.05) is 19.5 Å². The van der Waals surface area contributed by atoms with Gasteiger partial charge in [0.05, 0.1) is 0 Å². The Morgan fingerprint density at radius 3 is 2.45 bits per heavy atom. The van der Waals surface area contributed by atoms with Crippen molar-refractivity contribution in [1.29, 1.82) is 0 Å². The number of carbonyl (C=O) groups excluding carboxylic acids is 3. The molecule has 1 saturated heterocycles. The second-order valence-electron chi connectivity index (χ2n) is 5.71. The number of anilines is 1. The molecule has 0 spiro atoms. The standard InChI is InChI=1S/C12H17N5O4S/c1-12(2,3)8-14-15-9(22-8)17-6(18)7(16(5)11(17)20)21-10(19)13-4/h7H,1-5H3,(H,13,19). The van der Waals surface area contributed by atoms with Crippen LogP contribution in [0.5, 0.6) is 0 Å². The molecule has 2 rings (SSSR count). The Balaban J connectivity index is 2.28. The molecule has 9 nitrogen and oxygen atoms in total. The molecule has 1 aliphatic heterocycles. The summed E-state index contributed by atoms with van der Waals surface area (Å²) in [5, 5.41) is 11.0. The van der Waals surface area contributed by atoms with Crippen LogP contribution in [0.25, 0.3) is 0 Å². The number of hydrogen-bond acceptors (Lipinski definition) is 7. The average molecular weight is 327 g/mol. The molecule has 1 fully saturated rings. The molecule has 4 amide bonds. The van der Waals surface area contributed by atoms with Crippen LogP contribution in [0.15, 0.2) is 0 Å². The first-order chi connectivity index (χ1) is 10.2. The first-order valence-electron chi connectivity index (χ1n) is 6.50. The van der Waals surface area contributed by atoms with Crippen molar-refractivity contribution in [3.63, 3.8) is 0 Å². The number of imide groups is 1. The number of carbonyl (C=O) groups is 3. The van der Waals surface area contributed by atoms with Crippen LogP contribution in [-0.4, -0.2) is 53.5 Å². The molecule has 1 unspecified atom stereocenters. The Hall–Kier alpha value is -2.23. The topological polar surface area (TPSA) is 105 Å². The van der Waals surface area contributed by atoms with Crippen LogP contribution >= 0.6 is 11.3 Å². The third-order valence-corrected chi connectivity index (χ3v) is 4.28. The number of likely N-dealkylation sites (N-methyl/N-ethyl adjacent to an activating group) is 1. The maximum absolute atomic E-state index is 12.3. The number of hydrogen-bond donors (Lipinski definition) is 1. The molecule has 0 radical (unpaired) electrons. The summed E-state index contributed by atoms with van der Waals surface area (Å²) in [6.45, 7) is 5.86. The molecule has 0 aromatic carbocycles. The number of amides is 4. The van der Waals surface area contributed by atoms with Gasteiger partial charge in [0.1, 0.15) is 5.01 Å². The van der Waals surface area contributed by atoms with E-state index >= 15 is 0 Å². The normalized spacial score (nSPS) is 18.9. The Morgan fingerprint density at radius 1 is 1.32 bits per heavy atom. The number of rotatable bonds is 2. The Kier molecular flexibility index (Phi) is 4.05. The van der Waals surface area contributed by atoms with Crippen LogP contribution in [0.4, 0.5) is 14.7 Å². The molecule has 1 aromatic rings. The number of alkyl carbamates (subject to hydrolysis) is 1. The first kappa shape index (κ1) is 16.1. The quantitative estimate of drug-likeness (QED) is 0.810. The predicted molar refractivity (Wildman–Crippen MR) is 78.6 cm³/mol. The van der Waals surface area contributed by atoms with E-state index in [1.807, 2.05) is 20.8 Å². The fourth-order valence-electron chi connectivity index (χ4n) is 1.70. The Morgan fingerprint density at radius 2 is 1.95 bits per heavy atom. The molecule has 0 aliphatic carbocycles. The number of aromatic nitrogens is 2. The monoisotopic (exact) mass is 327 g/mol. The fraction of sp³-hybridized carbons (Fsp3) is 0.583. The zero-order valence-electron chi connectivity index (χ0n) is 12.9. The molecule has 1 N–H and O–H groups in total. The van der Waals surface area contributed by atoms with Crippen LogP contribution in [0.1, 0.15) is 25.8 Å².